The largest absolute Gasteiger partial charge is 0.238 e. The van der Waals surface area contributed by atoms with Crippen molar-refractivity contribution >= 4 is 27.5 Å². The summed E-state index contributed by atoms with van der Waals surface area (Å²) in [6, 6.07) is 10.5. The number of pyridine rings is 1. The summed E-state index contributed by atoms with van der Waals surface area (Å²) in [4.78, 5) is 3.29. The van der Waals surface area contributed by atoms with Gasteiger partial charge in [0.25, 0.3) is 0 Å². The van der Waals surface area contributed by atoms with Gasteiger partial charge in [-0.3, -0.25) is 0 Å². The molecule has 4 aromatic rings. The summed E-state index contributed by atoms with van der Waals surface area (Å²) in [6.45, 7) is 7.21. The Morgan fingerprint density at radius 1 is 0.800 bits per heavy atom. The summed E-state index contributed by atoms with van der Waals surface area (Å²) in [5, 5.41) is 9.46. The van der Waals surface area contributed by atoms with Crippen molar-refractivity contribution in [3.63, 3.8) is 0 Å². The van der Waals surface area contributed by atoms with E-state index in [9.17, 15) is 27.2 Å². The van der Waals surface area contributed by atoms with Gasteiger partial charge in [0, 0.05) is 17.0 Å². The van der Waals surface area contributed by atoms with Crippen LogP contribution in [0.5, 0.6) is 0 Å². The third-order valence-electron chi connectivity index (χ3n) is 4.96. The van der Waals surface area contributed by atoms with Crippen molar-refractivity contribution in [3.8, 4) is 17.2 Å². The second-order valence-electron chi connectivity index (χ2n) is 6.54. The number of aryl methyl sites for hydroxylation is 1. The lowest BCUT2D eigenvalue weighted by atomic mass is 9.93. The number of nitriles is 1. The molecule has 146 valence electrons. The van der Waals surface area contributed by atoms with Gasteiger partial charge in [0.1, 0.15) is 7.05 Å². The Bertz CT molecular complexity index is 1380. The van der Waals surface area contributed by atoms with Crippen LogP contribution in [0.4, 0.5) is 27.6 Å². The molecule has 3 nitrogen and oxygen atoms in total. The minimum absolute atomic E-state index is 0.106. The number of fused-ring (bicyclic) bond motifs is 2. The second kappa shape index (κ2) is 6.78. The van der Waals surface area contributed by atoms with Crippen LogP contribution in [0.1, 0.15) is 5.56 Å². The fourth-order valence-corrected chi connectivity index (χ4v) is 3.55. The highest BCUT2D eigenvalue weighted by atomic mass is 19.2. The average molecular weight is 410 g/mol. The van der Waals surface area contributed by atoms with Crippen molar-refractivity contribution in [3.05, 3.63) is 82.5 Å². The molecule has 0 atom stereocenters. The summed E-state index contributed by atoms with van der Waals surface area (Å²) in [5.74, 6) is -10.4. The highest BCUT2D eigenvalue weighted by molar-refractivity contribution is 6.08. The van der Waals surface area contributed by atoms with E-state index in [4.69, 9.17) is 6.57 Å². The molecule has 0 fully saturated rings. The molecule has 0 aliphatic carbocycles. The summed E-state index contributed by atoms with van der Waals surface area (Å²) >= 11 is 0. The Hall–Kier alpha value is -4.04. The fourth-order valence-electron chi connectivity index (χ4n) is 3.55. The summed E-state index contributed by atoms with van der Waals surface area (Å²) in [5.41, 5.74) is -0.348. The van der Waals surface area contributed by atoms with Crippen LogP contribution in [0.15, 0.2) is 36.4 Å². The standard InChI is InChI=1S/C22H9F5N3/c1-29-11-4-6-15-13(8-11)16(12-7-10(9-28)3-5-14(12)30(15)2)17-18(23)20(25)22(27)21(26)19(17)24/h3-8H,2H3/q+1. The van der Waals surface area contributed by atoms with E-state index in [0.717, 1.165) is 0 Å². The number of hydrogen-bond acceptors (Lipinski definition) is 1. The third kappa shape index (κ3) is 2.58. The predicted octanol–water partition coefficient (Wildman–Crippen LogP) is 5.60. The zero-order valence-corrected chi connectivity index (χ0v) is 15.2. The van der Waals surface area contributed by atoms with Crippen molar-refractivity contribution in [2.24, 2.45) is 7.05 Å². The first kappa shape index (κ1) is 19.3. The molecule has 0 saturated carbocycles. The molecule has 30 heavy (non-hydrogen) atoms. The van der Waals surface area contributed by atoms with E-state index >= 15 is 0 Å². The second-order valence-corrected chi connectivity index (χ2v) is 6.54. The predicted molar refractivity (Wildman–Crippen MR) is 98.8 cm³/mol. The van der Waals surface area contributed by atoms with Gasteiger partial charge in [0.15, 0.2) is 29.0 Å². The van der Waals surface area contributed by atoms with Gasteiger partial charge in [-0.2, -0.15) is 9.83 Å². The molecule has 0 spiro atoms. The smallest absolute Gasteiger partial charge is 0.213 e. The summed E-state index contributed by atoms with van der Waals surface area (Å²) in [7, 11) is 1.65. The minimum Gasteiger partial charge on any atom is -0.238 e. The van der Waals surface area contributed by atoms with Gasteiger partial charge >= 0.3 is 0 Å². The van der Waals surface area contributed by atoms with E-state index in [2.05, 4.69) is 4.85 Å². The highest BCUT2D eigenvalue weighted by Gasteiger charge is 2.31. The van der Waals surface area contributed by atoms with Gasteiger partial charge in [-0.05, 0) is 30.3 Å². The number of rotatable bonds is 1. The van der Waals surface area contributed by atoms with E-state index in [1.807, 2.05) is 6.07 Å². The quantitative estimate of drug-likeness (QED) is 0.100. The van der Waals surface area contributed by atoms with Crippen LogP contribution in [0, 0.1) is 47.0 Å². The minimum atomic E-state index is -2.26. The van der Waals surface area contributed by atoms with E-state index in [1.54, 1.807) is 11.6 Å². The van der Waals surface area contributed by atoms with Crippen LogP contribution in [0.3, 0.4) is 0 Å². The molecule has 0 saturated heterocycles. The van der Waals surface area contributed by atoms with E-state index < -0.39 is 34.6 Å². The van der Waals surface area contributed by atoms with Crippen LogP contribution in [-0.4, -0.2) is 0 Å². The molecule has 0 aliphatic rings. The normalized spacial score (nSPS) is 10.9. The molecular formula is C22H9F5N3+. The molecule has 0 aliphatic heterocycles. The molecule has 0 N–H and O–H groups in total. The van der Waals surface area contributed by atoms with Crippen LogP contribution in [0.25, 0.3) is 37.8 Å². The Morgan fingerprint density at radius 2 is 1.33 bits per heavy atom. The van der Waals surface area contributed by atoms with Gasteiger partial charge in [0.05, 0.1) is 29.2 Å². The van der Waals surface area contributed by atoms with Crippen molar-refractivity contribution < 1.29 is 26.5 Å². The zero-order chi connectivity index (χ0) is 21.7. The van der Waals surface area contributed by atoms with E-state index in [0.29, 0.717) is 11.0 Å². The molecule has 0 bridgehead atoms. The van der Waals surface area contributed by atoms with Gasteiger partial charge in [-0.25, -0.2) is 26.8 Å². The number of halogens is 5. The average Bonchev–Trinajstić information content (AvgIpc) is 2.77. The maximum atomic E-state index is 14.8. The van der Waals surface area contributed by atoms with Crippen LogP contribution in [-0.2, 0) is 7.05 Å². The van der Waals surface area contributed by atoms with E-state index in [-0.39, 0.29) is 27.6 Å². The SMILES string of the molecule is [C-]#[N+]c1ccc2c(c1)c(-c1c(F)c(F)c(F)c(F)c1F)c1cc(C#N)ccc1[n+]2C. The van der Waals surface area contributed by atoms with Gasteiger partial charge in [0.2, 0.25) is 16.9 Å². The maximum absolute atomic E-state index is 14.8. The number of benzene rings is 3. The van der Waals surface area contributed by atoms with Crippen molar-refractivity contribution in [1.82, 2.24) is 0 Å². The molecule has 0 radical (unpaired) electrons. The van der Waals surface area contributed by atoms with Gasteiger partial charge in [-0.1, -0.05) is 0 Å². The molecule has 1 aromatic heterocycles. The Labute approximate surface area is 166 Å². The van der Waals surface area contributed by atoms with Crippen LogP contribution < -0.4 is 4.57 Å². The molecule has 0 unspecified atom stereocenters. The first-order valence-corrected chi connectivity index (χ1v) is 8.49. The Morgan fingerprint density at radius 3 is 1.90 bits per heavy atom. The van der Waals surface area contributed by atoms with Gasteiger partial charge < -0.3 is 0 Å². The number of hydrogen-bond donors (Lipinski definition) is 0. The lowest BCUT2D eigenvalue weighted by Gasteiger charge is -2.14. The monoisotopic (exact) mass is 410 g/mol. The molecular weight excluding hydrogens is 401 g/mol. The fraction of sp³-hybridized carbons (Fsp3) is 0.0455. The number of nitrogens with zero attached hydrogens (tertiary/aromatic N) is 3. The lowest BCUT2D eigenvalue weighted by Crippen LogP contribution is -2.30. The first-order valence-electron chi connectivity index (χ1n) is 8.49. The lowest BCUT2D eigenvalue weighted by molar-refractivity contribution is -0.617. The molecule has 4 rings (SSSR count). The number of aromatic nitrogens is 1. The Kier molecular flexibility index (Phi) is 4.36. The van der Waals surface area contributed by atoms with Crippen molar-refractivity contribution in [1.29, 1.82) is 5.26 Å². The molecule has 3 aromatic carbocycles. The van der Waals surface area contributed by atoms with Crippen molar-refractivity contribution in [2.45, 2.75) is 0 Å². The maximum Gasteiger partial charge on any atom is 0.213 e. The van der Waals surface area contributed by atoms with Crippen molar-refractivity contribution in [2.75, 3.05) is 0 Å². The highest BCUT2D eigenvalue weighted by Crippen LogP contribution is 2.40. The summed E-state index contributed by atoms with van der Waals surface area (Å²) in [6.07, 6.45) is 0. The molecule has 0 amide bonds. The van der Waals surface area contributed by atoms with Crippen LogP contribution >= 0.6 is 0 Å². The first-order chi connectivity index (χ1) is 14.3. The summed E-state index contributed by atoms with van der Waals surface area (Å²) < 4.78 is 72.8. The van der Waals surface area contributed by atoms with Crippen LogP contribution in [0.2, 0.25) is 0 Å². The Balaban J connectivity index is 2.36. The van der Waals surface area contributed by atoms with E-state index in [1.165, 1.54) is 36.4 Å². The van der Waals surface area contributed by atoms with Gasteiger partial charge in [-0.15, -0.1) is 0 Å². The topological polar surface area (TPSA) is 32.0 Å². The molecule has 8 heteroatoms. The third-order valence-corrected chi connectivity index (χ3v) is 4.96. The zero-order valence-electron chi connectivity index (χ0n) is 15.2. The molecule has 1 heterocycles.